The van der Waals surface area contributed by atoms with Gasteiger partial charge in [0.05, 0.1) is 6.54 Å². The molecule has 0 radical (unpaired) electrons. The first-order valence-electron chi connectivity index (χ1n) is 7.83. The molecule has 120 valence electrons. The van der Waals surface area contributed by atoms with Gasteiger partial charge in [0.2, 0.25) is 5.09 Å². The van der Waals surface area contributed by atoms with Crippen molar-refractivity contribution in [2.24, 2.45) is 5.92 Å². The molecule has 0 spiro atoms. The van der Waals surface area contributed by atoms with Gasteiger partial charge in [0.15, 0.2) is 0 Å². The van der Waals surface area contributed by atoms with Crippen molar-refractivity contribution in [3.63, 3.8) is 0 Å². The van der Waals surface area contributed by atoms with E-state index < -0.39 is 10.0 Å². The maximum Gasteiger partial charge on any atom is 0.274 e. The number of nitrogens with one attached hydrogen (secondary N) is 2. The van der Waals surface area contributed by atoms with Crippen molar-refractivity contribution < 1.29 is 12.8 Å². The predicted octanol–water partition coefficient (Wildman–Crippen LogP) is 2.64. The van der Waals surface area contributed by atoms with Crippen LogP contribution in [0.15, 0.2) is 21.6 Å². The second-order valence-corrected chi connectivity index (χ2v) is 7.63. The molecule has 21 heavy (non-hydrogen) atoms. The van der Waals surface area contributed by atoms with Gasteiger partial charge in [0.1, 0.15) is 5.76 Å². The van der Waals surface area contributed by atoms with Gasteiger partial charge in [-0.2, -0.15) is 0 Å². The van der Waals surface area contributed by atoms with Crippen LogP contribution >= 0.6 is 0 Å². The monoisotopic (exact) mass is 314 g/mol. The lowest BCUT2D eigenvalue weighted by molar-refractivity contribution is 0.324. The summed E-state index contributed by atoms with van der Waals surface area (Å²) in [6, 6.07) is 3.30. The molecule has 0 aromatic carbocycles. The summed E-state index contributed by atoms with van der Waals surface area (Å²) in [5, 5.41) is 3.22. The fourth-order valence-corrected chi connectivity index (χ4v) is 4.04. The molecule has 0 amide bonds. The Morgan fingerprint density at radius 1 is 1.33 bits per heavy atom. The topological polar surface area (TPSA) is 71.3 Å². The van der Waals surface area contributed by atoms with Crippen LogP contribution in [0.4, 0.5) is 0 Å². The van der Waals surface area contributed by atoms with Gasteiger partial charge in [-0.25, -0.2) is 13.1 Å². The molecule has 1 aromatic rings. The van der Waals surface area contributed by atoms with E-state index in [1.807, 2.05) is 0 Å². The highest BCUT2D eigenvalue weighted by molar-refractivity contribution is 7.89. The molecule has 2 atom stereocenters. The Labute approximate surface area is 127 Å². The van der Waals surface area contributed by atoms with Gasteiger partial charge in [-0.1, -0.05) is 26.7 Å². The Hall–Kier alpha value is -0.850. The van der Waals surface area contributed by atoms with Crippen LogP contribution in [-0.2, 0) is 16.6 Å². The van der Waals surface area contributed by atoms with Crippen LogP contribution in [0, 0.1) is 5.92 Å². The standard InChI is InChI=1S/C15H26N2O3S/c1-3-9-16-11-14-7-8-15(20-14)21(18,19)17-13-6-4-5-12(2)10-13/h7-8,12-13,16-17H,3-6,9-11H2,1-2H3. The van der Waals surface area contributed by atoms with Crippen molar-refractivity contribution in [3.05, 3.63) is 17.9 Å². The first kappa shape index (κ1) is 16.5. The zero-order valence-electron chi connectivity index (χ0n) is 12.9. The van der Waals surface area contributed by atoms with Gasteiger partial charge in [-0.3, -0.25) is 0 Å². The van der Waals surface area contributed by atoms with Crippen molar-refractivity contribution in [2.45, 2.75) is 63.6 Å². The lowest BCUT2D eigenvalue weighted by atomic mass is 9.88. The van der Waals surface area contributed by atoms with E-state index >= 15 is 0 Å². The molecular formula is C15H26N2O3S. The van der Waals surface area contributed by atoms with E-state index in [1.165, 1.54) is 12.5 Å². The van der Waals surface area contributed by atoms with Crippen LogP contribution in [0.2, 0.25) is 0 Å². The van der Waals surface area contributed by atoms with Gasteiger partial charge < -0.3 is 9.73 Å². The molecule has 2 N–H and O–H groups in total. The van der Waals surface area contributed by atoms with Gasteiger partial charge in [-0.15, -0.1) is 0 Å². The molecule has 0 saturated heterocycles. The average molecular weight is 314 g/mol. The van der Waals surface area contributed by atoms with Crippen LogP contribution in [0.5, 0.6) is 0 Å². The van der Waals surface area contributed by atoms with E-state index in [1.54, 1.807) is 6.07 Å². The molecule has 1 aliphatic carbocycles. The number of hydrogen-bond donors (Lipinski definition) is 2. The summed E-state index contributed by atoms with van der Waals surface area (Å²) in [6.45, 7) is 5.70. The normalized spacial score (nSPS) is 23.3. The Balaban J connectivity index is 1.95. The summed E-state index contributed by atoms with van der Waals surface area (Å²) < 4.78 is 32.9. The molecule has 2 unspecified atom stereocenters. The molecule has 1 aliphatic rings. The number of sulfonamides is 1. The molecule has 1 fully saturated rings. The predicted molar refractivity (Wildman–Crippen MR) is 82.4 cm³/mol. The summed E-state index contributed by atoms with van der Waals surface area (Å²) in [5.74, 6) is 1.23. The molecule has 0 bridgehead atoms. The van der Waals surface area contributed by atoms with Crippen molar-refractivity contribution >= 4 is 10.0 Å². The Morgan fingerprint density at radius 2 is 2.14 bits per heavy atom. The quantitative estimate of drug-likeness (QED) is 0.759. The van der Waals surface area contributed by atoms with Crippen LogP contribution in [0.3, 0.4) is 0 Å². The summed E-state index contributed by atoms with van der Waals surface area (Å²) in [7, 11) is -3.54. The third-order valence-electron chi connectivity index (χ3n) is 3.89. The van der Waals surface area contributed by atoms with E-state index in [-0.39, 0.29) is 11.1 Å². The van der Waals surface area contributed by atoms with E-state index in [0.717, 1.165) is 32.2 Å². The van der Waals surface area contributed by atoms with E-state index in [2.05, 4.69) is 23.9 Å². The first-order chi connectivity index (χ1) is 10.0. The molecule has 0 aliphatic heterocycles. The van der Waals surface area contributed by atoms with Crippen LogP contribution in [0.1, 0.15) is 51.7 Å². The highest BCUT2D eigenvalue weighted by atomic mass is 32.2. The molecule has 6 heteroatoms. The minimum absolute atomic E-state index is 0.0222. The third kappa shape index (κ3) is 4.83. The average Bonchev–Trinajstić information content (AvgIpc) is 2.88. The fourth-order valence-electron chi connectivity index (χ4n) is 2.80. The summed E-state index contributed by atoms with van der Waals surface area (Å²) in [6.07, 6.45) is 5.12. The van der Waals surface area contributed by atoms with Crippen molar-refractivity contribution in [1.29, 1.82) is 0 Å². The van der Waals surface area contributed by atoms with Gasteiger partial charge >= 0.3 is 0 Å². The van der Waals surface area contributed by atoms with E-state index in [4.69, 9.17) is 4.42 Å². The van der Waals surface area contributed by atoms with Gasteiger partial charge in [-0.05, 0) is 43.9 Å². The summed E-state index contributed by atoms with van der Waals surface area (Å²) in [5.41, 5.74) is 0. The molecule has 2 rings (SSSR count). The van der Waals surface area contributed by atoms with Crippen molar-refractivity contribution in [3.8, 4) is 0 Å². The Bertz CT molecular complexity index is 539. The Kier molecular flexibility index (Phi) is 5.84. The molecule has 5 nitrogen and oxygen atoms in total. The largest absolute Gasteiger partial charge is 0.447 e. The smallest absolute Gasteiger partial charge is 0.274 e. The minimum Gasteiger partial charge on any atom is -0.447 e. The second kappa shape index (κ2) is 7.42. The number of rotatable bonds is 7. The number of hydrogen-bond acceptors (Lipinski definition) is 4. The summed E-state index contributed by atoms with van der Waals surface area (Å²) >= 11 is 0. The Morgan fingerprint density at radius 3 is 2.86 bits per heavy atom. The lowest BCUT2D eigenvalue weighted by Gasteiger charge is -2.26. The highest BCUT2D eigenvalue weighted by Crippen LogP contribution is 2.25. The van der Waals surface area contributed by atoms with Crippen molar-refractivity contribution in [2.75, 3.05) is 6.54 Å². The molecule has 1 aromatic heterocycles. The van der Waals surface area contributed by atoms with Crippen LogP contribution in [-0.4, -0.2) is 21.0 Å². The van der Waals surface area contributed by atoms with Gasteiger partial charge in [0, 0.05) is 6.04 Å². The van der Waals surface area contributed by atoms with Crippen LogP contribution < -0.4 is 10.0 Å². The zero-order chi connectivity index (χ0) is 15.3. The van der Waals surface area contributed by atoms with E-state index in [9.17, 15) is 8.42 Å². The van der Waals surface area contributed by atoms with Crippen LogP contribution in [0.25, 0.3) is 0 Å². The first-order valence-corrected chi connectivity index (χ1v) is 9.31. The van der Waals surface area contributed by atoms with Gasteiger partial charge in [0.25, 0.3) is 10.0 Å². The maximum atomic E-state index is 12.3. The molecular weight excluding hydrogens is 288 g/mol. The second-order valence-electron chi connectivity index (χ2n) is 5.99. The fraction of sp³-hybridized carbons (Fsp3) is 0.733. The highest BCUT2D eigenvalue weighted by Gasteiger charge is 2.26. The summed E-state index contributed by atoms with van der Waals surface area (Å²) in [4.78, 5) is 0. The van der Waals surface area contributed by atoms with E-state index in [0.29, 0.717) is 18.2 Å². The zero-order valence-corrected chi connectivity index (χ0v) is 13.7. The molecule has 1 heterocycles. The SMILES string of the molecule is CCCNCc1ccc(S(=O)(=O)NC2CCCC(C)C2)o1. The lowest BCUT2D eigenvalue weighted by Crippen LogP contribution is -2.37. The van der Waals surface area contributed by atoms with Crippen molar-refractivity contribution in [1.82, 2.24) is 10.0 Å². The maximum absolute atomic E-state index is 12.3. The molecule has 1 saturated carbocycles. The number of furan rings is 1. The minimum atomic E-state index is -3.54. The third-order valence-corrected chi connectivity index (χ3v) is 5.28.